The zero-order valence-corrected chi connectivity index (χ0v) is 6.71. The van der Waals surface area contributed by atoms with Gasteiger partial charge in [-0.15, -0.1) is 0 Å². The number of rotatable bonds is 1. The van der Waals surface area contributed by atoms with Gasteiger partial charge in [0.2, 0.25) is 0 Å². The summed E-state index contributed by atoms with van der Waals surface area (Å²) in [5.41, 5.74) is 5.21. The van der Waals surface area contributed by atoms with Crippen LogP contribution in [0.5, 0.6) is 0 Å². The van der Waals surface area contributed by atoms with Crippen molar-refractivity contribution in [1.29, 1.82) is 0 Å². The molecule has 0 aliphatic heterocycles. The summed E-state index contributed by atoms with van der Waals surface area (Å²) in [6.45, 7) is 2.56. The fourth-order valence-electron chi connectivity index (χ4n) is 0. The van der Waals surface area contributed by atoms with Gasteiger partial charge in [0.05, 0.1) is 3.23 Å². The van der Waals surface area contributed by atoms with E-state index in [9.17, 15) is 0 Å². The minimum absolute atomic E-state index is 0.0556. The molecule has 0 saturated heterocycles. The highest BCUT2D eigenvalue weighted by molar-refractivity contribution is 9.25. The number of hydrogen-bond donors (Lipinski definition) is 1. The second-order valence-corrected chi connectivity index (χ2v) is 5.84. The van der Waals surface area contributed by atoms with Crippen molar-refractivity contribution in [2.75, 3.05) is 6.54 Å². The molecule has 38 valence electrons. The summed E-state index contributed by atoms with van der Waals surface area (Å²) < 4.78 is -0.0556. The first-order valence-electron chi connectivity index (χ1n) is 1.64. The standard InChI is InChI=1S/C3H7Br2N/c1-3(4,5)2-6/h2,6H2,1H3. The van der Waals surface area contributed by atoms with Crippen LogP contribution in [0.2, 0.25) is 0 Å². The maximum atomic E-state index is 5.21. The third-order valence-electron chi connectivity index (χ3n) is 0.358. The first-order chi connectivity index (χ1) is 2.56. The molecule has 0 amide bonds. The molecular weight excluding hydrogens is 210 g/mol. The van der Waals surface area contributed by atoms with Crippen LogP contribution in [0.15, 0.2) is 0 Å². The van der Waals surface area contributed by atoms with E-state index in [-0.39, 0.29) is 3.23 Å². The molecule has 0 rings (SSSR count). The molecular formula is C3H7Br2N. The molecule has 0 unspecified atom stereocenters. The quantitative estimate of drug-likeness (QED) is 0.660. The predicted molar refractivity (Wildman–Crippen MR) is 35.3 cm³/mol. The molecule has 6 heavy (non-hydrogen) atoms. The molecule has 2 N–H and O–H groups in total. The van der Waals surface area contributed by atoms with Crippen LogP contribution < -0.4 is 5.73 Å². The van der Waals surface area contributed by atoms with E-state index < -0.39 is 0 Å². The maximum Gasteiger partial charge on any atom is 0.0898 e. The normalized spacial score (nSPS) is 12.0. The number of alkyl halides is 2. The molecule has 0 saturated carbocycles. The van der Waals surface area contributed by atoms with Crippen molar-refractivity contribution in [3.63, 3.8) is 0 Å². The van der Waals surface area contributed by atoms with E-state index in [1.54, 1.807) is 0 Å². The van der Waals surface area contributed by atoms with Gasteiger partial charge in [-0.05, 0) is 6.92 Å². The Hall–Kier alpha value is 0.920. The molecule has 0 aliphatic rings. The second kappa shape index (κ2) is 2.28. The van der Waals surface area contributed by atoms with E-state index in [0.29, 0.717) is 6.54 Å². The number of halogens is 2. The molecule has 0 bridgehead atoms. The molecule has 0 aliphatic carbocycles. The van der Waals surface area contributed by atoms with E-state index in [2.05, 4.69) is 31.9 Å². The summed E-state index contributed by atoms with van der Waals surface area (Å²) in [6.07, 6.45) is 0. The van der Waals surface area contributed by atoms with Gasteiger partial charge in [0.25, 0.3) is 0 Å². The second-order valence-electron chi connectivity index (χ2n) is 1.27. The Labute approximate surface area is 54.5 Å². The molecule has 0 heterocycles. The minimum atomic E-state index is -0.0556. The van der Waals surface area contributed by atoms with Crippen LogP contribution in [0.1, 0.15) is 6.92 Å². The molecule has 1 nitrogen and oxygen atoms in total. The van der Waals surface area contributed by atoms with E-state index in [0.717, 1.165) is 0 Å². The van der Waals surface area contributed by atoms with E-state index in [4.69, 9.17) is 5.73 Å². The largest absolute Gasteiger partial charge is 0.328 e. The SMILES string of the molecule is CC(Br)(Br)CN. The highest BCUT2D eigenvalue weighted by Gasteiger charge is 2.09. The number of nitrogens with two attached hydrogens (primary N) is 1. The molecule has 0 aromatic heterocycles. The maximum absolute atomic E-state index is 5.21. The van der Waals surface area contributed by atoms with E-state index in [1.165, 1.54) is 0 Å². The fraction of sp³-hybridized carbons (Fsp3) is 1.00. The zero-order valence-electron chi connectivity index (χ0n) is 3.54. The monoisotopic (exact) mass is 215 g/mol. The summed E-state index contributed by atoms with van der Waals surface area (Å²) in [7, 11) is 0. The van der Waals surface area contributed by atoms with Gasteiger partial charge in [0.15, 0.2) is 0 Å². The van der Waals surface area contributed by atoms with Crippen molar-refractivity contribution < 1.29 is 0 Å². The molecule has 0 spiro atoms. The molecule has 0 atom stereocenters. The Kier molecular flexibility index (Phi) is 2.63. The van der Waals surface area contributed by atoms with Crippen molar-refractivity contribution >= 4 is 31.9 Å². The van der Waals surface area contributed by atoms with Gasteiger partial charge < -0.3 is 5.73 Å². The Morgan fingerprint density at radius 2 is 1.83 bits per heavy atom. The highest BCUT2D eigenvalue weighted by atomic mass is 79.9. The van der Waals surface area contributed by atoms with Crippen LogP contribution >= 0.6 is 31.9 Å². The van der Waals surface area contributed by atoms with Crippen LogP contribution in [-0.2, 0) is 0 Å². The molecule has 0 fully saturated rings. The topological polar surface area (TPSA) is 26.0 Å². The number of hydrogen-bond acceptors (Lipinski definition) is 1. The summed E-state index contributed by atoms with van der Waals surface area (Å²) in [5, 5.41) is 0. The van der Waals surface area contributed by atoms with Gasteiger partial charge in [-0.3, -0.25) is 0 Å². The third-order valence-corrected chi connectivity index (χ3v) is 1.01. The van der Waals surface area contributed by atoms with Crippen molar-refractivity contribution in [2.45, 2.75) is 10.2 Å². The smallest absolute Gasteiger partial charge is 0.0898 e. The Bertz CT molecular complexity index is 38.5. The minimum Gasteiger partial charge on any atom is -0.328 e. The lowest BCUT2D eigenvalue weighted by Crippen LogP contribution is -2.18. The van der Waals surface area contributed by atoms with Gasteiger partial charge >= 0.3 is 0 Å². The van der Waals surface area contributed by atoms with Crippen LogP contribution in [0.4, 0.5) is 0 Å². The van der Waals surface area contributed by atoms with Gasteiger partial charge in [-0.25, -0.2) is 0 Å². The van der Waals surface area contributed by atoms with Crippen LogP contribution in [-0.4, -0.2) is 9.78 Å². The van der Waals surface area contributed by atoms with E-state index >= 15 is 0 Å². The summed E-state index contributed by atoms with van der Waals surface area (Å²) in [5.74, 6) is 0. The van der Waals surface area contributed by atoms with Crippen molar-refractivity contribution in [2.24, 2.45) is 5.73 Å². The van der Waals surface area contributed by atoms with Crippen LogP contribution in [0.3, 0.4) is 0 Å². The van der Waals surface area contributed by atoms with Crippen molar-refractivity contribution in [3.8, 4) is 0 Å². The average molecular weight is 217 g/mol. The lowest BCUT2D eigenvalue weighted by Gasteiger charge is -2.07. The van der Waals surface area contributed by atoms with Gasteiger partial charge in [-0.2, -0.15) is 0 Å². The van der Waals surface area contributed by atoms with Crippen molar-refractivity contribution in [1.82, 2.24) is 0 Å². The lowest BCUT2D eigenvalue weighted by atomic mass is 10.5. The van der Waals surface area contributed by atoms with Crippen molar-refractivity contribution in [3.05, 3.63) is 0 Å². The fourth-order valence-corrected chi connectivity index (χ4v) is 0. The van der Waals surface area contributed by atoms with Crippen LogP contribution in [0, 0.1) is 0 Å². The first-order valence-corrected chi connectivity index (χ1v) is 3.23. The zero-order chi connectivity index (χ0) is 5.21. The predicted octanol–water partition coefficient (Wildman–Crippen LogP) is 1.45. The van der Waals surface area contributed by atoms with Gasteiger partial charge in [0.1, 0.15) is 0 Å². The summed E-state index contributed by atoms with van der Waals surface area (Å²) in [6, 6.07) is 0. The Morgan fingerprint density at radius 3 is 1.83 bits per heavy atom. The Balaban J connectivity index is 3.17. The molecule has 0 radical (unpaired) electrons. The molecule has 3 heteroatoms. The Morgan fingerprint density at radius 1 is 1.67 bits per heavy atom. The average Bonchev–Trinajstić information content (AvgIpc) is 1.35. The van der Waals surface area contributed by atoms with Gasteiger partial charge in [-0.1, -0.05) is 31.9 Å². The molecule has 0 aromatic rings. The van der Waals surface area contributed by atoms with Crippen LogP contribution in [0.25, 0.3) is 0 Å². The highest BCUT2D eigenvalue weighted by Crippen LogP contribution is 2.22. The molecule has 0 aromatic carbocycles. The summed E-state index contributed by atoms with van der Waals surface area (Å²) in [4.78, 5) is 0. The van der Waals surface area contributed by atoms with E-state index in [1.807, 2.05) is 6.92 Å². The summed E-state index contributed by atoms with van der Waals surface area (Å²) >= 11 is 6.54. The first kappa shape index (κ1) is 6.92. The third kappa shape index (κ3) is 4.92. The van der Waals surface area contributed by atoms with Gasteiger partial charge in [0, 0.05) is 6.54 Å². The lowest BCUT2D eigenvalue weighted by molar-refractivity contribution is 0.924.